The van der Waals surface area contributed by atoms with Crippen LogP contribution >= 0.6 is 12.2 Å². The van der Waals surface area contributed by atoms with Crippen LogP contribution in [0.5, 0.6) is 0 Å². The molecule has 1 aliphatic heterocycles. The second-order valence-corrected chi connectivity index (χ2v) is 6.62. The lowest BCUT2D eigenvalue weighted by atomic mass is 9.99. The number of nitrogens with one attached hydrogen (secondary N) is 1. The third-order valence-corrected chi connectivity index (χ3v) is 5.08. The van der Waals surface area contributed by atoms with Crippen molar-refractivity contribution in [3.8, 4) is 0 Å². The minimum absolute atomic E-state index is 0.582. The summed E-state index contributed by atoms with van der Waals surface area (Å²) in [5.41, 5.74) is 5.18. The number of para-hydroxylation sites is 1. The highest BCUT2D eigenvalue weighted by molar-refractivity contribution is 7.80. The molecule has 0 spiro atoms. The molecule has 0 unspecified atom stereocenters. The van der Waals surface area contributed by atoms with E-state index in [-0.39, 0.29) is 0 Å². The summed E-state index contributed by atoms with van der Waals surface area (Å²) in [5.74, 6) is 0.582. The fourth-order valence-corrected chi connectivity index (χ4v) is 3.60. The Labute approximate surface area is 144 Å². The van der Waals surface area contributed by atoms with Gasteiger partial charge in [0.2, 0.25) is 0 Å². The fraction of sp³-hybridized carbons (Fsp3) is 0.350. The van der Waals surface area contributed by atoms with Crippen LogP contribution in [0.3, 0.4) is 0 Å². The maximum absolute atomic E-state index is 5.68. The molecule has 2 aromatic carbocycles. The molecule has 0 saturated carbocycles. The molecule has 0 amide bonds. The topological polar surface area (TPSA) is 15.3 Å². The number of anilines is 1. The molecular formula is C20H24N2S. The third-order valence-electron chi connectivity index (χ3n) is 4.72. The van der Waals surface area contributed by atoms with Crippen LogP contribution in [0.2, 0.25) is 0 Å². The average Bonchev–Trinajstić information content (AvgIpc) is 3.07. The highest BCUT2D eigenvalue weighted by atomic mass is 32.1. The molecule has 120 valence electrons. The fourth-order valence-electron chi connectivity index (χ4n) is 3.33. The van der Waals surface area contributed by atoms with Gasteiger partial charge in [-0.3, -0.25) is 0 Å². The number of hydrogen-bond donors (Lipinski definition) is 1. The lowest BCUT2D eigenvalue weighted by molar-refractivity contribution is 0.518. The first-order chi connectivity index (χ1) is 11.2. The van der Waals surface area contributed by atoms with Gasteiger partial charge in [-0.15, -0.1) is 0 Å². The summed E-state index contributed by atoms with van der Waals surface area (Å²) in [4.78, 5) is 2.30. The van der Waals surface area contributed by atoms with Crippen molar-refractivity contribution < 1.29 is 0 Å². The Balaban J connectivity index is 1.69. The lowest BCUT2D eigenvalue weighted by Crippen LogP contribution is -2.33. The summed E-state index contributed by atoms with van der Waals surface area (Å²) in [7, 11) is 0. The van der Waals surface area contributed by atoms with Gasteiger partial charge in [-0.25, -0.2) is 0 Å². The molecule has 0 bridgehead atoms. The Morgan fingerprint density at radius 3 is 2.70 bits per heavy atom. The molecule has 3 rings (SSSR count). The molecule has 0 radical (unpaired) electrons. The highest BCUT2D eigenvalue weighted by Crippen LogP contribution is 2.28. The average molecular weight is 324 g/mol. The molecule has 0 aliphatic carbocycles. The van der Waals surface area contributed by atoms with Crippen LogP contribution in [-0.2, 0) is 6.42 Å². The van der Waals surface area contributed by atoms with Crippen molar-refractivity contribution in [1.82, 2.24) is 4.90 Å². The van der Waals surface area contributed by atoms with Crippen molar-refractivity contribution in [2.24, 2.45) is 0 Å². The van der Waals surface area contributed by atoms with E-state index in [1.807, 2.05) is 0 Å². The van der Waals surface area contributed by atoms with Gasteiger partial charge in [0.05, 0.1) is 0 Å². The summed E-state index contributed by atoms with van der Waals surface area (Å²) in [6.45, 7) is 6.35. The molecule has 0 aromatic heterocycles. The summed E-state index contributed by atoms with van der Waals surface area (Å²) in [6.07, 6.45) is 2.18. The van der Waals surface area contributed by atoms with E-state index in [0.29, 0.717) is 5.92 Å². The number of likely N-dealkylation sites (tertiary alicyclic amines) is 1. The van der Waals surface area contributed by atoms with E-state index in [0.717, 1.165) is 24.6 Å². The molecule has 1 aliphatic rings. The van der Waals surface area contributed by atoms with Gasteiger partial charge in [0, 0.05) is 24.7 Å². The van der Waals surface area contributed by atoms with E-state index < -0.39 is 0 Å². The van der Waals surface area contributed by atoms with Crippen LogP contribution < -0.4 is 5.32 Å². The highest BCUT2D eigenvalue weighted by Gasteiger charge is 2.25. The molecule has 23 heavy (non-hydrogen) atoms. The van der Waals surface area contributed by atoms with Crippen molar-refractivity contribution in [3.63, 3.8) is 0 Å². The van der Waals surface area contributed by atoms with Crippen molar-refractivity contribution >= 4 is 23.0 Å². The van der Waals surface area contributed by atoms with Crippen molar-refractivity contribution in [3.05, 3.63) is 65.2 Å². The van der Waals surface area contributed by atoms with Gasteiger partial charge in [0.25, 0.3) is 0 Å². The molecule has 1 fully saturated rings. The van der Waals surface area contributed by atoms with E-state index in [1.54, 1.807) is 0 Å². The zero-order chi connectivity index (χ0) is 16.2. The first kappa shape index (κ1) is 16.0. The van der Waals surface area contributed by atoms with Crippen molar-refractivity contribution in [2.75, 3.05) is 18.4 Å². The third kappa shape index (κ3) is 3.56. The van der Waals surface area contributed by atoms with Gasteiger partial charge in [0.15, 0.2) is 5.11 Å². The van der Waals surface area contributed by atoms with Crippen molar-refractivity contribution in [2.45, 2.75) is 32.6 Å². The molecule has 2 nitrogen and oxygen atoms in total. The Morgan fingerprint density at radius 1 is 1.17 bits per heavy atom. The minimum Gasteiger partial charge on any atom is -0.348 e. The van der Waals surface area contributed by atoms with Crippen LogP contribution in [0.4, 0.5) is 5.69 Å². The van der Waals surface area contributed by atoms with Crippen LogP contribution in [0.1, 0.15) is 36.0 Å². The van der Waals surface area contributed by atoms with Gasteiger partial charge in [-0.1, -0.05) is 55.5 Å². The van der Waals surface area contributed by atoms with E-state index in [2.05, 4.69) is 72.6 Å². The Kier molecular flexibility index (Phi) is 4.97. The number of hydrogen-bond acceptors (Lipinski definition) is 1. The monoisotopic (exact) mass is 324 g/mol. The smallest absolute Gasteiger partial charge is 0.173 e. The van der Waals surface area contributed by atoms with E-state index >= 15 is 0 Å². The maximum Gasteiger partial charge on any atom is 0.173 e. The number of rotatable bonds is 3. The predicted octanol–water partition coefficient (Wildman–Crippen LogP) is 4.74. The van der Waals surface area contributed by atoms with Gasteiger partial charge >= 0.3 is 0 Å². The molecule has 2 aromatic rings. The normalized spacial score (nSPS) is 17.3. The SMILES string of the molecule is CCc1cccc(C)c1NC(=S)N1CC[C@H](c2ccccc2)C1. The quantitative estimate of drug-likeness (QED) is 0.821. The number of aryl methyl sites for hydroxylation is 2. The molecular weight excluding hydrogens is 300 g/mol. The molecule has 1 heterocycles. The van der Waals surface area contributed by atoms with Gasteiger partial charge in [-0.2, -0.15) is 0 Å². The van der Waals surface area contributed by atoms with Gasteiger partial charge in [-0.05, 0) is 48.7 Å². The number of thiocarbonyl (C=S) groups is 1. The van der Waals surface area contributed by atoms with E-state index in [1.165, 1.54) is 28.8 Å². The Morgan fingerprint density at radius 2 is 1.96 bits per heavy atom. The van der Waals surface area contributed by atoms with E-state index in [4.69, 9.17) is 12.2 Å². The summed E-state index contributed by atoms with van der Waals surface area (Å²) in [6, 6.07) is 17.2. The standard InChI is InChI=1S/C20H24N2S/c1-3-16-11-7-8-15(2)19(16)21-20(23)22-13-12-18(14-22)17-9-5-4-6-10-17/h4-11,18H,3,12-14H2,1-2H3,(H,21,23)/t18-/m0/s1. The van der Waals surface area contributed by atoms with Crippen LogP contribution in [-0.4, -0.2) is 23.1 Å². The van der Waals surface area contributed by atoms with Crippen molar-refractivity contribution in [1.29, 1.82) is 0 Å². The Bertz CT molecular complexity index is 681. The molecule has 3 heteroatoms. The minimum atomic E-state index is 0.582. The second kappa shape index (κ2) is 7.14. The number of benzene rings is 2. The van der Waals surface area contributed by atoms with Crippen LogP contribution in [0.15, 0.2) is 48.5 Å². The van der Waals surface area contributed by atoms with Crippen LogP contribution in [0, 0.1) is 6.92 Å². The first-order valence-electron chi connectivity index (χ1n) is 8.38. The lowest BCUT2D eigenvalue weighted by Gasteiger charge is -2.23. The Hall–Kier alpha value is -1.87. The van der Waals surface area contributed by atoms with Gasteiger partial charge < -0.3 is 10.2 Å². The molecule has 1 atom stereocenters. The van der Waals surface area contributed by atoms with Gasteiger partial charge in [0.1, 0.15) is 0 Å². The van der Waals surface area contributed by atoms with E-state index in [9.17, 15) is 0 Å². The summed E-state index contributed by atoms with van der Waals surface area (Å²) < 4.78 is 0. The molecule has 1 N–H and O–H groups in total. The zero-order valence-corrected chi connectivity index (χ0v) is 14.7. The zero-order valence-electron chi connectivity index (χ0n) is 13.9. The molecule has 1 saturated heterocycles. The largest absolute Gasteiger partial charge is 0.348 e. The number of nitrogens with zero attached hydrogens (tertiary/aromatic N) is 1. The first-order valence-corrected chi connectivity index (χ1v) is 8.79. The van der Waals surface area contributed by atoms with Crippen LogP contribution in [0.25, 0.3) is 0 Å². The summed E-state index contributed by atoms with van der Waals surface area (Å²) >= 11 is 5.68. The maximum atomic E-state index is 5.68. The predicted molar refractivity (Wildman–Crippen MR) is 102 cm³/mol. The second-order valence-electron chi connectivity index (χ2n) is 6.24. The summed E-state index contributed by atoms with van der Waals surface area (Å²) in [5, 5.41) is 4.36.